The summed E-state index contributed by atoms with van der Waals surface area (Å²) in [6.07, 6.45) is 1.91. The summed E-state index contributed by atoms with van der Waals surface area (Å²) >= 11 is 0. The fraction of sp³-hybridized carbons (Fsp3) is 0.571. The second-order valence-corrected chi connectivity index (χ2v) is 4.47. The molecule has 2 heteroatoms. The van der Waals surface area contributed by atoms with Gasteiger partial charge in [0.15, 0.2) is 0 Å². The molecule has 0 saturated carbocycles. The van der Waals surface area contributed by atoms with Crippen molar-refractivity contribution >= 4 is 0 Å². The maximum Gasteiger partial charge on any atom is 0.0431 e. The summed E-state index contributed by atoms with van der Waals surface area (Å²) in [6.45, 7) is 7.73. The van der Waals surface area contributed by atoms with Gasteiger partial charge in [-0.3, -0.25) is 0 Å². The van der Waals surface area contributed by atoms with Gasteiger partial charge in [0, 0.05) is 12.6 Å². The van der Waals surface area contributed by atoms with Crippen molar-refractivity contribution < 1.29 is 5.11 Å². The number of hydrogen-bond acceptors (Lipinski definition) is 2. The van der Waals surface area contributed by atoms with E-state index < -0.39 is 0 Å². The molecule has 0 saturated heterocycles. The lowest BCUT2D eigenvalue weighted by atomic mass is 10.00. The van der Waals surface area contributed by atoms with E-state index in [0.717, 1.165) is 19.4 Å². The zero-order chi connectivity index (χ0) is 12.0. The van der Waals surface area contributed by atoms with E-state index >= 15 is 0 Å². The summed E-state index contributed by atoms with van der Waals surface area (Å²) in [4.78, 5) is 0. The summed E-state index contributed by atoms with van der Waals surface area (Å²) in [5.74, 6) is 0. The summed E-state index contributed by atoms with van der Waals surface area (Å²) in [7, 11) is 0. The van der Waals surface area contributed by atoms with E-state index in [1.54, 1.807) is 0 Å². The second kappa shape index (κ2) is 6.66. The Morgan fingerprint density at radius 1 is 1.25 bits per heavy atom. The lowest BCUT2D eigenvalue weighted by Crippen LogP contribution is -2.20. The summed E-state index contributed by atoms with van der Waals surface area (Å²) < 4.78 is 0. The average molecular weight is 221 g/mol. The summed E-state index contributed by atoms with van der Waals surface area (Å²) in [6, 6.07) is 6.96. The Balaban J connectivity index is 2.51. The highest BCUT2D eigenvalue weighted by atomic mass is 16.2. The molecule has 2 N–H and O–H groups in total. The SMILES string of the molecule is Cc1ccc(C)c(C(C)NCCCCO)c1. The van der Waals surface area contributed by atoms with Crippen molar-refractivity contribution in [2.75, 3.05) is 13.2 Å². The van der Waals surface area contributed by atoms with Crippen LogP contribution in [0.15, 0.2) is 18.2 Å². The lowest BCUT2D eigenvalue weighted by molar-refractivity contribution is 0.283. The molecular weight excluding hydrogens is 198 g/mol. The molecule has 1 unspecified atom stereocenters. The Morgan fingerprint density at radius 3 is 2.69 bits per heavy atom. The molecule has 0 aromatic heterocycles. The van der Waals surface area contributed by atoms with Gasteiger partial charge in [0.25, 0.3) is 0 Å². The molecule has 0 fully saturated rings. The van der Waals surface area contributed by atoms with Crippen LogP contribution in [0, 0.1) is 13.8 Å². The Bertz CT molecular complexity index is 323. The van der Waals surface area contributed by atoms with Gasteiger partial charge in [0.1, 0.15) is 0 Å². The van der Waals surface area contributed by atoms with Gasteiger partial charge in [-0.05, 0) is 51.3 Å². The van der Waals surface area contributed by atoms with Crippen molar-refractivity contribution in [2.24, 2.45) is 0 Å². The maximum absolute atomic E-state index is 8.70. The Labute approximate surface area is 98.7 Å². The first kappa shape index (κ1) is 13.2. The molecule has 0 aliphatic rings. The number of unbranched alkanes of at least 4 members (excludes halogenated alkanes) is 1. The van der Waals surface area contributed by atoms with Gasteiger partial charge in [-0.2, -0.15) is 0 Å². The van der Waals surface area contributed by atoms with Crippen LogP contribution in [0.3, 0.4) is 0 Å². The highest BCUT2D eigenvalue weighted by Crippen LogP contribution is 2.18. The minimum absolute atomic E-state index is 0.291. The average Bonchev–Trinajstić information content (AvgIpc) is 2.27. The van der Waals surface area contributed by atoms with E-state index in [9.17, 15) is 0 Å². The molecule has 16 heavy (non-hydrogen) atoms. The van der Waals surface area contributed by atoms with Crippen LogP contribution in [0.2, 0.25) is 0 Å². The largest absolute Gasteiger partial charge is 0.396 e. The number of rotatable bonds is 6. The molecule has 1 aromatic rings. The van der Waals surface area contributed by atoms with Gasteiger partial charge in [-0.15, -0.1) is 0 Å². The summed E-state index contributed by atoms with van der Waals surface area (Å²) in [5.41, 5.74) is 4.03. The van der Waals surface area contributed by atoms with Gasteiger partial charge in [-0.1, -0.05) is 23.8 Å². The fourth-order valence-electron chi connectivity index (χ4n) is 1.89. The normalized spacial score (nSPS) is 12.8. The lowest BCUT2D eigenvalue weighted by Gasteiger charge is -2.17. The third kappa shape index (κ3) is 3.95. The number of nitrogens with one attached hydrogen (secondary N) is 1. The van der Waals surface area contributed by atoms with Crippen molar-refractivity contribution in [3.63, 3.8) is 0 Å². The number of aliphatic hydroxyl groups excluding tert-OH is 1. The van der Waals surface area contributed by atoms with Crippen molar-refractivity contribution in [3.8, 4) is 0 Å². The predicted molar refractivity (Wildman–Crippen MR) is 68.7 cm³/mol. The third-order valence-electron chi connectivity index (χ3n) is 2.94. The van der Waals surface area contributed by atoms with Gasteiger partial charge < -0.3 is 10.4 Å². The maximum atomic E-state index is 8.70. The molecule has 0 aliphatic carbocycles. The van der Waals surface area contributed by atoms with E-state index in [4.69, 9.17) is 5.11 Å². The Hall–Kier alpha value is -0.860. The van der Waals surface area contributed by atoms with Crippen LogP contribution in [-0.4, -0.2) is 18.3 Å². The zero-order valence-corrected chi connectivity index (χ0v) is 10.6. The molecule has 1 atom stereocenters. The fourth-order valence-corrected chi connectivity index (χ4v) is 1.89. The molecule has 2 nitrogen and oxygen atoms in total. The van der Waals surface area contributed by atoms with Gasteiger partial charge in [0.2, 0.25) is 0 Å². The predicted octanol–water partition coefficient (Wildman–Crippen LogP) is 2.73. The number of aryl methyl sites for hydroxylation is 2. The van der Waals surface area contributed by atoms with Crippen LogP contribution < -0.4 is 5.32 Å². The first-order valence-electron chi connectivity index (χ1n) is 6.06. The first-order chi connectivity index (χ1) is 7.65. The van der Waals surface area contributed by atoms with Crippen molar-refractivity contribution in [3.05, 3.63) is 34.9 Å². The minimum Gasteiger partial charge on any atom is -0.396 e. The van der Waals surface area contributed by atoms with Crippen LogP contribution >= 0.6 is 0 Å². The third-order valence-corrected chi connectivity index (χ3v) is 2.94. The molecule has 0 aliphatic heterocycles. The standard InChI is InChI=1S/C14H23NO/c1-11-6-7-12(2)14(10-11)13(3)15-8-4-5-9-16/h6-7,10,13,15-16H,4-5,8-9H2,1-3H3. The van der Waals surface area contributed by atoms with Crippen molar-refractivity contribution in [1.82, 2.24) is 5.32 Å². The highest BCUT2D eigenvalue weighted by Gasteiger charge is 2.07. The van der Waals surface area contributed by atoms with Gasteiger partial charge in [-0.25, -0.2) is 0 Å². The summed E-state index contributed by atoms with van der Waals surface area (Å²) in [5, 5.41) is 12.2. The van der Waals surface area contributed by atoms with Crippen LogP contribution in [0.4, 0.5) is 0 Å². The topological polar surface area (TPSA) is 32.3 Å². The molecule has 0 radical (unpaired) electrons. The quantitative estimate of drug-likeness (QED) is 0.724. The molecule has 90 valence electrons. The number of aliphatic hydroxyl groups is 1. The van der Waals surface area contributed by atoms with E-state index in [1.165, 1.54) is 16.7 Å². The second-order valence-electron chi connectivity index (χ2n) is 4.47. The van der Waals surface area contributed by atoms with Crippen LogP contribution in [0.5, 0.6) is 0 Å². The number of benzene rings is 1. The van der Waals surface area contributed by atoms with Crippen LogP contribution in [0.25, 0.3) is 0 Å². The molecule has 0 heterocycles. The molecule has 0 amide bonds. The molecule has 0 bridgehead atoms. The van der Waals surface area contributed by atoms with Gasteiger partial charge in [0.05, 0.1) is 0 Å². The van der Waals surface area contributed by atoms with Gasteiger partial charge >= 0.3 is 0 Å². The first-order valence-corrected chi connectivity index (χ1v) is 6.06. The van der Waals surface area contributed by atoms with Crippen LogP contribution in [-0.2, 0) is 0 Å². The van der Waals surface area contributed by atoms with Crippen molar-refractivity contribution in [1.29, 1.82) is 0 Å². The van der Waals surface area contributed by atoms with Crippen molar-refractivity contribution in [2.45, 2.75) is 39.7 Å². The Kier molecular flexibility index (Phi) is 5.50. The van der Waals surface area contributed by atoms with E-state index in [1.807, 2.05) is 0 Å². The Morgan fingerprint density at radius 2 is 2.00 bits per heavy atom. The smallest absolute Gasteiger partial charge is 0.0431 e. The molecular formula is C14H23NO. The number of hydrogen-bond donors (Lipinski definition) is 2. The van der Waals surface area contributed by atoms with E-state index in [-0.39, 0.29) is 0 Å². The highest BCUT2D eigenvalue weighted by molar-refractivity contribution is 5.32. The molecule has 0 spiro atoms. The molecule has 1 aromatic carbocycles. The monoisotopic (exact) mass is 221 g/mol. The minimum atomic E-state index is 0.291. The van der Waals surface area contributed by atoms with Crippen LogP contribution in [0.1, 0.15) is 42.5 Å². The molecule has 1 rings (SSSR count). The van der Waals surface area contributed by atoms with E-state index in [2.05, 4.69) is 44.3 Å². The zero-order valence-electron chi connectivity index (χ0n) is 10.6. The van der Waals surface area contributed by atoms with E-state index in [0.29, 0.717) is 12.6 Å².